The number of nitrogens with one attached hydrogen (secondary N) is 2. The molecule has 1 atom stereocenters. The Morgan fingerprint density at radius 1 is 0.826 bits per heavy atom. The molecule has 1 rings (SSSR count). The van der Waals surface area contributed by atoms with E-state index in [-0.39, 0.29) is 24.7 Å². The van der Waals surface area contributed by atoms with E-state index in [9.17, 15) is 24.6 Å². The summed E-state index contributed by atoms with van der Waals surface area (Å²) in [6, 6.07) is 2.43. The molecule has 0 unspecified atom stereocenters. The van der Waals surface area contributed by atoms with E-state index in [1.54, 1.807) is 18.3 Å². The summed E-state index contributed by atoms with van der Waals surface area (Å²) >= 11 is 0. The molecule has 0 saturated carbocycles. The summed E-state index contributed by atoms with van der Waals surface area (Å²) in [5.74, 6) is -1.24. The fourth-order valence-electron chi connectivity index (χ4n) is 4.02. The van der Waals surface area contributed by atoms with Crippen LogP contribution < -0.4 is 10.6 Å². The Kier molecular flexibility index (Phi) is 24.7. The predicted molar refractivity (Wildman–Crippen MR) is 184 cm³/mol. The van der Waals surface area contributed by atoms with Gasteiger partial charge in [-0.1, -0.05) is 79.8 Å². The van der Waals surface area contributed by atoms with Crippen LogP contribution in [-0.2, 0) is 14.3 Å². The number of aliphatic hydroxyl groups excluding tert-OH is 2. The second-order valence-electron chi connectivity index (χ2n) is 10.5. The second kappa shape index (κ2) is 28.4. The van der Waals surface area contributed by atoms with Gasteiger partial charge in [-0.25, -0.2) is 4.79 Å². The molecule has 0 aliphatic heterocycles. The molecule has 0 fully saturated rings. The van der Waals surface area contributed by atoms with Crippen LogP contribution in [0.1, 0.15) is 87.9 Å². The summed E-state index contributed by atoms with van der Waals surface area (Å²) in [6.07, 6.45) is 35.2. The maximum atomic E-state index is 12.6. The van der Waals surface area contributed by atoms with Gasteiger partial charge in [-0.3, -0.25) is 14.6 Å². The third kappa shape index (κ3) is 21.6. The number of amides is 2. The SMILES string of the molecule is CCC=CCC=CCC=CCC=CCC=CCC=CCCC(=O)N[C@@H](CCCCNC(=O)c1cccnc1)C(=O)OC(CO)CO. The highest BCUT2D eigenvalue weighted by molar-refractivity contribution is 5.93. The van der Waals surface area contributed by atoms with Gasteiger partial charge in [0.05, 0.1) is 18.8 Å². The van der Waals surface area contributed by atoms with Crippen molar-refractivity contribution in [2.75, 3.05) is 19.8 Å². The summed E-state index contributed by atoms with van der Waals surface area (Å²) in [4.78, 5) is 41.3. The first-order valence-corrected chi connectivity index (χ1v) is 16.3. The second-order valence-corrected chi connectivity index (χ2v) is 10.5. The summed E-state index contributed by atoms with van der Waals surface area (Å²) in [5, 5.41) is 24.0. The summed E-state index contributed by atoms with van der Waals surface area (Å²) in [6.45, 7) is 1.48. The number of aromatic nitrogens is 1. The molecule has 9 nitrogen and oxygen atoms in total. The molecule has 252 valence electrons. The molecule has 0 bridgehead atoms. The van der Waals surface area contributed by atoms with E-state index in [2.05, 4.69) is 83.3 Å². The van der Waals surface area contributed by atoms with Crippen molar-refractivity contribution in [1.82, 2.24) is 15.6 Å². The van der Waals surface area contributed by atoms with Crippen LogP contribution in [0.2, 0.25) is 0 Å². The molecular formula is C37H53N3O6. The zero-order valence-electron chi connectivity index (χ0n) is 27.3. The summed E-state index contributed by atoms with van der Waals surface area (Å²) < 4.78 is 5.15. The lowest BCUT2D eigenvalue weighted by Gasteiger charge is -2.20. The van der Waals surface area contributed by atoms with Crippen molar-refractivity contribution in [2.45, 2.75) is 89.7 Å². The number of hydrogen-bond acceptors (Lipinski definition) is 7. The van der Waals surface area contributed by atoms with Crippen molar-refractivity contribution >= 4 is 17.8 Å². The monoisotopic (exact) mass is 635 g/mol. The number of pyridine rings is 1. The van der Waals surface area contributed by atoms with Crippen molar-refractivity contribution in [3.05, 3.63) is 103 Å². The van der Waals surface area contributed by atoms with Gasteiger partial charge in [0, 0.05) is 25.4 Å². The molecule has 9 heteroatoms. The molecule has 46 heavy (non-hydrogen) atoms. The van der Waals surface area contributed by atoms with Gasteiger partial charge < -0.3 is 25.6 Å². The lowest BCUT2D eigenvalue weighted by Crippen LogP contribution is -2.44. The highest BCUT2D eigenvalue weighted by Crippen LogP contribution is 2.07. The van der Waals surface area contributed by atoms with Crippen molar-refractivity contribution in [3.63, 3.8) is 0 Å². The Balaban J connectivity index is 2.32. The first kappa shape index (κ1) is 39.9. The molecule has 0 spiro atoms. The number of carbonyl (C=O) groups is 3. The average molecular weight is 636 g/mol. The Morgan fingerprint density at radius 2 is 1.39 bits per heavy atom. The van der Waals surface area contributed by atoms with Crippen LogP contribution in [0.3, 0.4) is 0 Å². The van der Waals surface area contributed by atoms with Gasteiger partial charge in [-0.05, 0) is 76.3 Å². The van der Waals surface area contributed by atoms with E-state index in [4.69, 9.17) is 4.74 Å². The minimum Gasteiger partial charge on any atom is -0.456 e. The summed E-state index contributed by atoms with van der Waals surface area (Å²) in [5.41, 5.74) is 0.460. The lowest BCUT2D eigenvalue weighted by molar-refractivity contribution is -0.157. The van der Waals surface area contributed by atoms with E-state index in [0.717, 1.165) is 38.5 Å². The van der Waals surface area contributed by atoms with Gasteiger partial charge in [0.15, 0.2) is 0 Å². The van der Waals surface area contributed by atoms with Crippen molar-refractivity contribution in [3.8, 4) is 0 Å². The van der Waals surface area contributed by atoms with Gasteiger partial charge in [-0.15, -0.1) is 0 Å². The molecule has 0 saturated heterocycles. The maximum absolute atomic E-state index is 12.6. The van der Waals surface area contributed by atoms with Crippen LogP contribution in [0, 0.1) is 0 Å². The van der Waals surface area contributed by atoms with Crippen molar-refractivity contribution in [2.24, 2.45) is 0 Å². The molecule has 1 aromatic rings. The van der Waals surface area contributed by atoms with E-state index >= 15 is 0 Å². The van der Waals surface area contributed by atoms with E-state index in [0.29, 0.717) is 31.4 Å². The molecule has 0 aliphatic rings. The molecule has 0 radical (unpaired) electrons. The van der Waals surface area contributed by atoms with Crippen LogP contribution in [0.15, 0.2) is 97.4 Å². The van der Waals surface area contributed by atoms with Crippen LogP contribution in [0.5, 0.6) is 0 Å². The van der Waals surface area contributed by atoms with Crippen molar-refractivity contribution in [1.29, 1.82) is 0 Å². The minimum absolute atomic E-state index is 0.205. The van der Waals surface area contributed by atoms with Crippen LogP contribution in [-0.4, -0.2) is 64.9 Å². The molecule has 1 heterocycles. The van der Waals surface area contributed by atoms with E-state index in [1.807, 2.05) is 12.2 Å². The Morgan fingerprint density at radius 3 is 1.91 bits per heavy atom. The third-order valence-corrected chi connectivity index (χ3v) is 6.57. The quantitative estimate of drug-likeness (QED) is 0.0602. The molecule has 0 aliphatic carbocycles. The average Bonchev–Trinajstić information content (AvgIpc) is 3.07. The lowest BCUT2D eigenvalue weighted by atomic mass is 10.1. The number of hydrogen-bond donors (Lipinski definition) is 4. The van der Waals surface area contributed by atoms with Gasteiger partial charge in [0.25, 0.3) is 5.91 Å². The topological polar surface area (TPSA) is 138 Å². The number of ether oxygens (including phenoxy) is 1. The zero-order valence-corrected chi connectivity index (χ0v) is 27.3. The number of carbonyl (C=O) groups excluding carboxylic acids is 3. The first-order valence-electron chi connectivity index (χ1n) is 16.3. The molecular weight excluding hydrogens is 582 g/mol. The van der Waals surface area contributed by atoms with Gasteiger partial charge in [-0.2, -0.15) is 0 Å². The normalized spacial score (nSPS) is 12.9. The van der Waals surface area contributed by atoms with Crippen molar-refractivity contribution < 1.29 is 29.3 Å². The predicted octanol–water partition coefficient (Wildman–Crippen LogP) is 5.84. The third-order valence-electron chi connectivity index (χ3n) is 6.57. The Bertz CT molecular complexity index is 1140. The highest BCUT2D eigenvalue weighted by atomic mass is 16.6. The maximum Gasteiger partial charge on any atom is 0.329 e. The van der Waals surface area contributed by atoms with E-state index < -0.39 is 31.3 Å². The number of unbranched alkanes of at least 4 members (excludes halogenated alkanes) is 1. The molecule has 0 aromatic carbocycles. The Labute approximate surface area is 274 Å². The molecule has 2 amide bonds. The number of aliphatic hydroxyl groups is 2. The number of esters is 1. The van der Waals surface area contributed by atoms with Gasteiger partial charge in [0.1, 0.15) is 12.1 Å². The largest absolute Gasteiger partial charge is 0.456 e. The Hall–Kier alpha value is -4.08. The molecule has 1 aromatic heterocycles. The van der Waals surface area contributed by atoms with Crippen LogP contribution in [0.25, 0.3) is 0 Å². The smallest absolute Gasteiger partial charge is 0.329 e. The number of nitrogens with zero attached hydrogens (tertiary/aromatic N) is 1. The fourth-order valence-corrected chi connectivity index (χ4v) is 4.02. The summed E-state index contributed by atoms with van der Waals surface area (Å²) in [7, 11) is 0. The number of rotatable bonds is 25. The number of allylic oxidation sites excluding steroid dienone is 12. The highest BCUT2D eigenvalue weighted by Gasteiger charge is 2.24. The van der Waals surface area contributed by atoms with Crippen LogP contribution in [0.4, 0.5) is 0 Å². The van der Waals surface area contributed by atoms with E-state index in [1.165, 1.54) is 6.20 Å². The fraction of sp³-hybridized carbons (Fsp3) is 0.459. The zero-order chi connectivity index (χ0) is 33.5. The first-order chi connectivity index (χ1) is 22.5. The standard InChI is InChI=1S/C37H53N3O6/c1-2-3-4-5-6-7-8-9-10-11-12-13-14-15-16-17-18-19-20-26-35(43)40-34(37(45)46-33(30-41)31-42)25-21-22-28-39-36(44)32-24-23-27-38-29-32/h3-4,6-7,9-10,12-13,15-16,18-19,23-24,27,29,33-34,41-42H,2,5,8,11,14,17,20-22,25-26,28,30-31H2,1H3,(H,39,44)(H,40,43)/t34-/m0/s1. The van der Waals surface area contributed by atoms with Gasteiger partial charge >= 0.3 is 5.97 Å². The van der Waals surface area contributed by atoms with Crippen LogP contribution >= 0.6 is 0 Å². The minimum atomic E-state index is -1.05. The van der Waals surface area contributed by atoms with Gasteiger partial charge in [0.2, 0.25) is 5.91 Å². The molecule has 4 N–H and O–H groups in total.